The van der Waals surface area contributed by atoms with Crippen molar-refractivity contribution in [2.45, 2.75) is 44.6 Å². The number of amides is 2. The summed E-state index contributed by atoms with van der Waals surface area (Å²) in [6.07, 6.45) is 2.44. The van der Waals surface area contributed by atoms with Gasteiger partial charge in [-0.3, -0.25) is 14.5 Å². The fourth-order valence-corrected chi connectivity index (χ4v) is 2.91. The molecule has 1 heterocycles. The largest absolute Gasteiger partial charge is 0.399 e. The van der Waals surface area contributed by atoms with E-state index in [9.17, 15) is 9.59 Å². The van der Waals surface area contributed by atoms with E-state index in [1.165, 1.54) is 4.90 Å². The number of fused-ring (bicyclic) bond motifs is 2. The molecule has 1 unspecified atom stereocenters. The molecule has 1 aliphatic heterocycles. The number of hydrogen-bond acceptors (Lipinski definition) is 3. The molecule has 100 valence electrons. The van der Waals surface area contributed by atoms with E-state index in [4.69, 9.17) is 5.73 Å². The fourth-order valence-electron chi connectivity index (χ4n) is 2.91. The van der Waals surface area contributed by atoms with Gasteiger partial charge in [-0.2, -0.15) is 0 Å². The first-order chi connectivity index (χ1) is 9.01. The molecule has 2 aliphatic rings. The molecular weight excluding hydrogens is 240 g/mol. The molecule has 0 radical (unpaired) electrons. The van der Waals surface area contributed by atoms with Crippen LogP contribution in [0.4, 0.5) is 5.69 Å². The minimum absolute atomic E-state index is 0.0240. The number of nitrogens with two attached hydrogens (primary N) is 1. The number of benzene rings is 1. The highest BCUT2D eigenvalue weighted by atomic mass is 16.2. The summed E-state index contributed by atoms with van der Waals surface area (Å²) in [5, 5.41) is 0. The van der Waals surface area contributed by atoms with E-state index in [2.05, 4.69) is 0 Å². The van der Waals surface area contributed by atoms with Gasteiger partial charge in [0.15, 0.2) is 0 Å². The van der Waals surface area contributed by atoms with Crippen LogP contribution in [-0.4, -0.2) is 22.8 Å². The first kappa shape index (κ1) is 12.2. The van der Waals surface area contributed by atoms with Crippen LogP contribution in [-0.2, 0) is 10.2 Å². The SMILES string of the molecule is CCC(C)N1C(=O)c2cc(N)ccc2C2(CC2)C1=O. The first-order valence-corrected chi connectivity index (χ1v) is 6.79. The highest BCUT2D eigenvalue weighted by Gasteiger charge is 2.59. The van der Waals surface area contributed by atoms with E-state index in [1.807, 2.05) is 19.9 Å². The maximum Gasteiger partial charge on any atom is 0.261 e. The quantitative estimate of drug-likeness (QED) is 0.652. The van der Waals surface area contributed by atoms with Gasteiger partial charge in [-0.05, 0) is 43.9 Å². The van der Waals surface area contributed by atoms with E-state index in [0.717, 1.165) is 24.8 Å². The number of hydrogen-bond donors (Lipinski definition) is 1. The molecular formula is C15H18N2O2. The molecule has 1 atom stereocenters. The number of nitrogen functional groups attached to an aromatic ring is 1. The van der Waals surface area contributed by atoms with Crippen molar-refractivity contribution in [3.8, 4) is 0 Å². The molecule has 0 aromatic heterocycles. The van der Waals surface area contributed by atoms with Gasteiger partial charge in [-0.15, -0.1) is 0 Å². The molecule has 19 heavy (non-hydrogen) atoms. The Bertz CT molecular complexity index is 576. The van der Waals surface area contributed by atoms with E-state index in [-0.39, 0.29) is 17.9 Å². The average molecular weight is 258 g/mol. The summed E-state index contributed by atoms with van der Waals surface area (Å²) in [6, 6.07) is 5.27. The van der Waals surface area contributed by atoms with Crippen LogP contribution in [0.15, 0.2) is 18.2 Å². The van der Waals surface area contributed by atoms with Gasteiger partial charge in [-0.25, -0.2) is 0 Å². The van der Waals surface area contributed by atoms with Crippen molar-refractivity contribution >= 4 is 17.5 Å². The first-order valence-electron chi connectivity index (χ1n) is 6.79. The van der Waals surface area contributed by atoms with Crippen molar-refractivity contribution in [1.29, 1.82) is 0 Å². The Balaban J connectivity index is 2.17. The summed E-state index contributed by atoms with van der Waals surface area (Å²) in [5.74, 6) is -0.219. The molecule has 1 spiro atoms. The number of imide groups is 1. The van der Waals surface area contributed by atoms with Gasteiger partial charge >= 0.3 is 0 Å². The maximum atomic E-state index is 12.6. The molecule has 2 N–H and O–H groups in total. The monoisotopic (exact) mass is 258 g/mol. The molecule has 4 nitrogen and oxygen atoms in total. The van der Waals surface area contributed by atoms with Gasteiger partial charge in [-0.1, -0.05) is 13.0 Å². The molecule has 0 bridgehead atoms. The summed E-state index contributed by atoms with van der Waals surface area (Å²) in [7, 11) is 0. The number of anilines is 1. The summed E-state index contributed by atoms with van der Waals surface area (Å²) >= 11 is 0. The molecule has 0 saturated heterocycles. The van der Waals surface area contributed by atoms with Crippen LogP contribution in [0.1, 0.15) is 49.0 Å². The second-order valence-electron chi connectivity index (χ2n) is 5.62. The lowest BCUT2D eigenvalue weighted by Crippen LogP contribution is -2.52. The third kappa shape index (κ3) is 1.52. The number of nitrogens with zero attached hydrogens (tertiary/aromatic N) is 1. The molecule has 1 aliphatic carbocycles. The van der Waals surface area contributed by atoms with Crippen LogP contribution < -0.4 is 5.73 Å². The van der Waals surface area contributed by atoms with Crippen LogP contribution in [0.5, 0.6) is 0 Å². The highest BCUT2D eigenvalue weighted by molar-refractivity contribution is 6.14. The normalized spacial score (nSPS) is 21.5. The van der Waals surface area contributed by atoms with Crippen molar-refractivity contribution in [2.75, 3.05) is 5.73 Å². The Morgan fingerprint density at radius 1 is 1.37 bits per heavy atom. The molecule has 3 rings (SSSR count). The lowest BCUT2D eigenvalue weighted by Gasteiger charge is -2.36. The van der Waals surface area contributed by atoms with E-state index in [0.29, 0.717) is 11.3 Å². The minimum atomic E-state index is -0.444. The molecule has 1 fully saturated rings. The Morgan fingerprint density at radius 3 is 2.63 bits per heavy atom. The average Bonchev–Trinajstić information content (AvgIpc) is 3.18. The molecule has 2 amide bonds. The van der Waals surface area contributed by atoms with Gasteiger partial charge in [0.05, 0.1) is 5.41 Å². The summed E-state index contributed by atoms with van der Waals surface area (Å²) in [4.78, 5) is 26.6. The van der Waals surface area contributed by atoms with Gasteiger partial charge in [0, 0.05) is 17.3 Å². The smallest absolute Gasteiger partial charge is 0.261 e. The van der Waals surface area contributed by atoms with Gasteiger partial charge in [0.1, 0.15) is 0 Å². The Morgan fingerprint density at radius 2 is 2.05 bits per heavy atom. The molecule has 4 heteroatoms. The van der Waals surface area contributed by atoms with Crippen molar-refractivity contribution in [3.63, 3.8) is 0 Å². The van der Waals surface area contributed by atoms with Crippen LogP contribution >= 0.6 is 0 Å². The summed E-state index contributed by atoms with van der Waals surface area (Å²) in [6.45, 7) is 3.91. The topological polar surface area (TPSA) is 63.4 Å². The Labute approximate surface area is 112 Å². The van der Waals surface area contributed by atoms with Crippen LogP contribution in [0.25, 0.3) is 0 Å². The lowest BCUT2D eigenvalue weighted by atomic mass is 9.84. The van der Waals surface area contributed by atoms with E-state index in [1.54, 1.807) is 12.1 Å². The standard InChI is InChI=1S/C15H18N2O2/c1-3-9(2)17-13(18)11-8-10(16)4-5-12(11)15(6-7-15)14(17)19/h4-5,8-9H,3,6-7,16H2,1-2H3. The van der Waals surface area contributed by atoms with Crippen molar-refractivity contribution < 1.29 is 9.59 Å². The predicted molar refractivity (Wildman–Crippen MR) is 72.7 cm³/mol. The molecule has 1 saturated carbocycles. The zero-order valence-electron chi connectivity index (χ0n) is 11.3. The second kappa shape index (κ2) is 3.83. The zero-order valence-corrected chi connectivity index (χ0v) is 11.3. The zero-order chi connectivity index (χ0) is 13.8. The third-order valence-corrected chi connectivity index (χ3v) is 4.42. The van der Waals surface area contributed by atoms with Crippen LogP contribution in [0.3, 0.4) is 0 Å². The van der Waals surface area contributed by atoms with Crippen molar-refractivity contribution in [1.82, 2.24) is 4.90 Å². The Hall–Kier alpha value is -1.84. The van der Waals surface area contributed by atoms with E-state index < -0.39 is 5.41 Å². The van der Waals surface area contributed by atoms with Gasteiger partial charge in [0.2, 0.25) is 5.91 Å². The summed E-state index contributed by atoms with van der Waals surface area (Å²) < 4.78 is 0. The molecule has 1 aromatic carbocycles. The van der Waals surface area contributed by atoms with Crippen molar-refractivity contribution in [3.05, 3.63) is 29.3 Å². The predicted octanol–water partition coefficient (Wildman–Crippen LogP) is 2.08. The second-order valence-corrected chi connectivity index (χ2v) is 5.62. The number of carbonyl (C=O) groups excluding carboxylic acids is 2. The van der Waals surface area contributed by atoms with Gasteiger partial charge in [0.25, 0.3) is 5.91 Å². The van der Waals surface area contributed by atoms with Crippen LogP contribution in [0, 0.1) is 0 Å². The number of rotatable bonds is 2. The maximum absolute atomic E-state index is 12.6. The Kier molecular flexibility index (Phi) is 2.46. The molecule has 1 aromatic rings. The van der Waals surface area contributed by atoms with E-state index >= 15 is 0 Å². The minimum Gasteiger partial charge on any atom is -0.399 e. The number of carbonyl (C=O) groups is 2. The van der Waals surface area contributed by atoms with Crippen molar-refractivity contribution in [2.24, 2.45) is 0 Å². The summed E-state index contributed by atoms with van der Waals surface area (Å²) in [5.41, 5.74) is 7.39. The van der Waals surface area contributed by atoms with Gasteiger partial charge < -0.3 is 5.73 Å². The fraction of sp³-hybridized carbons (Fsp3) is 0.467. The van der Waals surface area contributed by atoms with Crippen LogP contribution in [0.2, 0.25) is 0 Å². The highest BCUT2D eigenvalue weighted by Crippen LogP contribution is 2.53. The lowest BCUT2D eigenvalue weighted by molar-refractivity contribution is -0.133. The third-order valence-electron chi connectivity index (χ3n) is 4.42.